The van der Waals surface area contributed by atoms with Crippen molar-refractivity contribution in [2.45, 2.75) is 5.66 Å². The van der Waals surface area contributed by atoms with Crippen molar-refractivity contribution < 1.29 is 0 Å². The Hall–Kier alpha value is -1.66. The lowest BCUT2D eigenvalue weighted by Crippen LogP contribution is -2.55. The summed E-state index contributed by atoms with van der Waals surface area (Å²) in [6.07, 6.45) is 4.73. The largest absolute Gasteiger partial charge is 0.307 e. The fraction of sp³-hybridized carbons (Fsp3) is 0.250. The van der Waals surface area contributed by atoms with Gasteiger partial charge in [0.15, 0.2) is 11.7 Å². The molecule has 14 heavy (non-hydrogen) atoms. The van der Waals surface area contributed by atoms with Crippen molar-refractivity contribution in [3.63, 3.8) is 0 Å². The minimum absolute atomic E-state index is 0.296. The van der Waals surface area contributed by atoms with Crippen molar-refractivity contribution >= 4 is 12.1 Å². The van der Waals surface area contributed by atoms with E-state index in [1.54, 1.807) is 18.5 Å². The van der Waals surface area contributed by atoms with Crippen LogP contribution in [0.15, 0.2) is 28.4 Å². The zero-order valence-corrected chi connectivity index (χ0v) is 7.46. The smallest absolute Gasteiger partial charge is 0.197 e. The van der Waals surface area contributed by atoms with Gasteiger partial charge in [-0.2, -0.15) is 0 Å². The molecule has 0 fully saturated rings. The third-order valence-electron chi connectivity index (χ3n) is 1.70. The maximum atomic E-state index is 5.60. The number of aromatic nitrogens is 2. The Morgan fingerprint density at radius 1 is 1.21 bits per heavy atom. The van der Waals surface area contributed by atoms with Crippen molar-refractivity contribution in [1.82, 2.24) is 9.97 Å². The summed E-state index contributed by atoms with van der Waals surface area (Å²) in [5, 5.41) is 0. The molecule has 2 heterocycles. The number of rotatable bonds is 1. The number of nitrogens with zero attached hydrogens (tertiary/aromatic N) is 4. The predicted molar refractivity (Wildman–Crippen MR) is 53.0 cm³/mol. The van der Waals surface area contributed by atoms with E-state index in [2.05, 4.69) is 20.0 Å². The third kappa shape index (κ3) is 1.81. The van der Waals surface area contributed by atoms with E-state index >= 15 is 0 Å². The van der Waals surface area contributed by atoms with E-state index in [0.717, 1.165) is 0 Å². The number of hydrogen-bond acceptors (Lipinski definition) is 6. The molecule has 1 aliphatic heterocycles. The molecular weight excluding hydrogens is 180 g/mol. The molecule has 4 N–H and O–H groups in total. The highest BCUT2D eigenvalue weighted by Gasteiger charge is 2.20. The van der Waals surface area contributed by atoms with E-state index in [4.69, 9.17) is 11.5 Å². The van der Waals surface area contributed by atoms with Gasteiger partial charge in [0.1, 0.15) is 5.66 Å². The summed E-state index contributed by atoms with van der Waals surface area (Å²) in [5.41, 5.74) is 10.3. The first-order valence-electron chi connectivity index (χ1n) is 4.12. The molecule has 1 aliphatic rings. The molecule has 1 aromatic rings. The average molecular weight is 190 g/mol. The van der Waals surface area contributed by atoms with Gasteiger partial charge in [0.25, 0.3) is 0 Å². The van der Waals surface area contributed by atoms with Gasteiger partial charge in [-0.15, -0.1) is 0 Å². The lowest BCUT2D eigenvalue weighted by atomic mass is 10.2. The van der Waals surface area contributed by atoms with Gasteiger partial charge >= 0.3 is 0 Å². The summed E-state index contributed by atoms with van der Waals surface area (Å²) in [7, 11) is 0. The summed E-state index contributed by atoms with van der Waals surface area (Å²) >= 11 is 0. The summed E-state index contributed by atoms with van der Waals surface area (Å²) in [4.78, 5) is 16.1. The first-order valence-corrected chi connectivity index (χ1v) is 4.12. The second-order valence-corrected chi connectivity index (χ2v) is 3.08. The second-order valence-electron chi connectivity index (χ2n) is 3.08. The Bertz CT molecular complexity index is 380. The van der Waals surface area contributed by atoms with Crippen molar-refractivity contribution in [3.05, 3.63) is 24.3 Å². The summed E-state index contributed by atoms with van der Waals surface area (Å²) in [6, 6.07) is 1.73. The molecule has 6 heteroatoms. The highest BCUT2D eigenvalue weighted by Crippen LogP contribution is 2.02. The Balaban J connectivity index is 2.25. The van der Waals surface area contributed by atoms with Gasteiger partial charge in [0, 0.05) is 18.6 Å². The number of aliphatic imine (C=N–C) groups is 2. The van der Waals surface area contributed by atoms with Gasteiger partial charge in [0.2, 0.25) is 0 Å². The maximum absolute atomic E-state index is 5.60. The van der Waals surface area contributed by atoms with Gasteiger partial charge in [-0.3, -0.25) is 4.99 Å². The van der Waals surface area contributed by atoms with Crippen LogP contribution in [-0.4, -0.2) is 34.2 Å². The molecule has 0 atom stereocenters. The quantitative estimate of drug-likeness (QED) is 0.550. The lowest BCUT2D eigenvalue weighted by molar-refractivity contribution is 0.611. The highest BCUT2D eigenvalue weighted by atomic mass is 15.1. The molecule has 72 valence electrons. The van der Waals surface area contributed by atoms with Gasteiger partial charge in [-0.05, 0) is 6.07 Å². The van der Waals surface area contributed by atoms with Gasteiger partial charge in [-0.25, -0.2) is 15.0 Å². The minimum Gasteiger partial charge on any atom is -0.307 e. The summed E-state index contributed by atoms with van der Waals surface area (Å²) in [5.74, 6) is 0.955. The molecule has 2 rings (SSSR count). The number of nitrogens with two attached hydrogens (primary N) is 2. The topological polar surface area (TPSA) is 103 Å². The maximum Gasteiger partial charge on any atom is 0.197 e. The zero-order chi connectivity index (χ0) is 10.0. The number of hydrogen-bond donors (Lipinski definition) is 2. The van der Waals surface area contributed by atoms with Crippen LogP contribution in [0, 0.1) is 0 Å². The van der Waals surface area contributed by atoms with Crippen LogP contribution < -0.4 is 11.5 Å². The lowest BCUT2D eigenvalue weighted by Gasteiger charge is -2.19. The molecule has 0 unspecified atom stereocenters. The monoisotopic (exact) mass is 190 g/mol. The van der Waals surface area contributed by atoms with E-state index in [0.29, 0.717) is 18.2 Å². The molecule has 6 nitrogen and oxygen atoms in total. The van der Waals surface area contributed by atoms with E-state index < -0.39 is 5.66 Å². The van der Waals surface area contributed by atoms with Crippen LogP contribution >= 0.6 is 0 Å². The molecule has 0 aliphatic carbocycles. The van der Waals surface area contributed by atoms with Crippen molar-refractivity contribution in [2.75, 3.05) is 6.54 Å². The fourth-order valence-corrected chi connectivity index (χ4v) is 1.02. The second kappa shape index (κ2) is 3.24. The standard InChI is InChI=1S/C8H10N6/c9-8(10)4-13-7(14-5-8)6-11-2-1-3-12-6/h1-4H,5,9-10H2. The molecule has 0 bridgehead atoms. The first-order chi connectivity index (χ1) is 6.67. The van der Waals surface area contributed by atoms with Crippen molar-refractivity contribution in [1.29, 1.82) is 0 Å². The van der Waals surface area contributed by atoms with Crippen molar-refractivity contribution in [2.24, 2.45) is 21.5 Å². The molecule has 0 radical (unpaired) electrons. The van der Waals surface area contributed by atoms with Crippen LogP contribution in [0.1, 0.15) is 5.82 Å². The van der Waals surface area contributed by atoms with Gasteiger partial charge in [0.05, 0.1) is 6.54 Å². The summed E-state index contributed by atoms with van der Waals surface area (Å²) in [6.45, 7) is 0.296. The predicted octanol–water partition coefficient (Wildman–Crippen LogP) is -1.08. The fourth-order valence-electron chi connectivity index (χ4n) is 1.02. The highest BCUT2D eigenvalue weighted by molar-refractivity contribution is 6.02. The Morgan fingerprint density at radius 2 is 1.93 bits per heavy atom. The van der Waals surface area contributed by atoms with Crippen LogP contribution in [0.25, 0.3) is 0 Å². The minimum atomic E-state index is -0.946. The molecule has 0 spiro atoms. The summed E-state index contributed by atoms with van der Waals surface area (Å²) < 4.78 is 0. The van der Waals surface area contributed by atoms with Crippen molar-refractivity contribution in [3.8, 4) is 0 Å². The first kappa shape index (κ1) is 8.92. The van der Waals surface area contributed by atoms with E-state index in [-0.39, 0.29) is 0 Å². The van der Waals surface area contributed by atoms with Crippen LogP contribution in [0.4, 0.5) is 0 Å². The molecular formula is C8H10N6. The van der Waals surface area contributed by atoms with E-state index in [1.807, 2.05) is 0 Å². The van der Waals surface area contributed by atoms with Crippen LogP contribution in [0.3, 0.4) is 0 Å². The SMILES string of the molecule is NC1(N)C=NC(c2ncccn2)=NC1. The van der Waals surface area contributed by atoms with Crippen LogP contribution in [-0.2, 0) is 0 Å². The zero-order valence-electron chi connectivity index (χ0n) is 7.46. The Labute approximate surface area is 80.8 Å². The molecule has 0 saturated heterocycles. The number of amidine groups is 1. The van der Waals surface area contributed by atoms with E-state index in [1.165, 1.54) is 6.21 Å². The van der Waals surface area contributed by atoms with Gasteiger partial charge < -0.3 is 11.5 Å². The van der Waals surface area contributed by atoms with Gasteiger partial charge in [-0.1, -0.05) is 0 Å². The van der Waals surface area contributed by atoms with Crippen LogP contribution in [0.5, 0.6) is 0 Å². The third-order valence-corrected chi connectivity index (χ3v) is 1.70. The molecule has 1 aromatic heterocycles. The van der Waals surface area contributed by atoms with Crippen LogP contribution in [0.2, 0.25) is 0 Å². The average Bonchev–Trinajstić information content (AvgIpc) is 2.19. The Morgan fingerprint density at radius 3 is 2.50 bits per heavy atom. The van der Waals surface area contributed by atoms with E-state index in [9.17, 15) is 0 Å². The molecule has 0 aromatic carbocycles. The molecule has 0 saturated carbocycles. The Kier molecular flexibility index (Phi) is 2.06. The normalized spacial score (nSPS) is 19.1. The molecule has 0 amide bonds.